The predicted molar refractivity (Wildman–Crippen MR) is 85.1 cm³/mol. The van der Waals surface area contributed by atoms with E-state index < -0.39 is 11.7 Å². The molecule has 0 bridgehead atoms. The summed E-state index contributed by atoms with van der Waals surface area (Å²) in [4.78, 5) is 14.7. The third kappa shape index (κ3) is 3.10. The van der Waals surface area contributed by atoms with E-state index in [1.807, 2.05) is 0 Å². The number of carbonyl (C=O) groups excluding carboxylic acids is 1. The Hall–Kier alpha value is -1.17. The minimum absolute atomic E-state index is 0.0183. The number of rotatable bonds is 3. The third-order valence-corrected chi connectivity index (χ3v) is 5.43. The normalized spacial score (nSPS) is 31.0. The highest BCUT2D eigenvalue weighted by Gasteiger charge is 2.42. The zero-order chi connectivity index (χ0) is 16.0. The minimum Gasteiger partial charge on any atom is -0.375 e. The zero-order valence-electron chi connectivity index (χ0n) is 12.8. The van der Waals surface area contributed by atoms with Crippen molar-refractivity contribution in [2.75, 3.05) is 19.7 Å². The van der Waals surface area contributed by atoms with E-state index in [-0.39, 0.29) is 16.6 Å². The Bertz CT molecular complexity index is 602. The molecule has 0 radical (unpaired) electrons. The summed E-state index contributed by atoms with van der Waals surface area (Å²) in [5.74, 6) is -0.290. The van der Waals surface area contributed by atoms with E-state index in [9.17, 15) is 9.18 Å². The number of halogens is 2. The van der Waals surface area contributed by atoms with Crippen LogP contribution in [0.5, 0.6) is 0 Å². The van der Waals surface area contributed by atoms with Crippen molar-refractivity contribution in [3.8, 4) is 0 Å². The third-order valence-electron chi connectivity index (χ3n) is 5.12. The first-order valence-corrected chi connectivity index (χ1v) is 8.60. The van der Waals surface area contributed by atoms with Crippen LogP contribution in [0.1, 0.15) is 29.6 Å². The Morgan fingerprint density at radius 2 is 2.17 bits per heavy atom. The van der Waals surface area contributed by atoms with Crippen molar-refractivity contribution in [3.05, 3.63) is 34.6 Å². The molecular formula is C17H20ClFN2O2. The van der Waals surface area contributed by atoms with Crippen LogP contribution < -0.4 is 5.32 Å². The van der Waals surface area contributed by atoms with Crippen LogP contribution in [0, 0.1) is 11.7 Å². The number of benzene rings is 1. The molecule has 1 aromatic carbocycles. The molecule has 0 aromatic heterocycles. The number of carbonyl (C=O) groups is 1. The van der Waals surface area contributed by atoms with Crippen LogP contribution in [0.3, 0.4) is 0 Å². The molecule has 1 saturated carbocycles. The Balaban J connectivity index is 1.39. The molecule has 23 heavy (non-hydrogen) atoms. The fourth-order valence-electron chi connectivity index (χ4n) is 3.73. The summed E-state index contributed by atoms with van der Waals surface area (Å²) in [6, 6.07) is 4.66. The van der Waals surface area contributed by atoms with Gasteiger partial charge in [-0.05, 0) is 37.3 Å². The van der Waals surface area contributed by atoms with Gasteiger partial charge in [-0.15, -0.1) is 0 Å². The lowest BCUT2D eigenvalue weighted by Gasteiger charge is -2.35. The van der Waals surface area contributed by atoms with E-state index in [0.29, 0.717) is 12.1 Å². The number of hydrogen-bond donors (Lipinski definition) is 1. The summed E-state index contributed by atoms with van der Waals surface area (Å²) in [6.07, 6.45) is 3.74. The molecule has 124 valence electrons. The highest BCUT2D eigenvalue weighted by molar-refractivity contribution is 6.33. The molecule has 4 nitrogen and oxygen atoms in total. The van der Waals surface area contributed by atoms with E-state index in [1.165, 1.54) is 31.0 Å². The van der Waals surface area contributed by atoms with E-state index in [0.717, 1.165) is 32.0 Å². The number of morpholine rings is 1. The van der Waals surface area contributed by atoms with Gasteiger partial charge in [-0.3, -0.25) is 9.69 Å². The lowest BCUT2D eigenvalue weighted by Crippen LogP contribution is -2.47. The van der Waals surface area contributed by atoms with Crippen LogP contribution in [0.2, 0.25) is 5.02 Å². The summed E-state index contributed by atoms with van der Waals surface area (Å²) >= 11 is 5.96. The maximum Gasteiger partial charge on any atom is 0.256 e. The molecule has 3 aliphatic rings. The summed E-state index contributed by atoms with van der Waals surface area (Å²) < 4.78 is 19.8. The van der Waals surface area contributed by atoms with Crippen LogP contribution in [-0.4, -0.2) is 48.7 Å². The molecule has 2 heterocycles. The molecule has 1 amide bonds. The SMILES string of the molecule is O=C(N[C@@H]1C[C@H]2CO[C@@H](C3CC3)CN2C1)c1c(F)cccc1Cl. The van der Waals surface area contributed by atoms with Gasteiger partial charge in [-0.25, -0.2) is 4.39 Å². The number of hydrogen-bond acceptors (Lipinski definition) is 3. The average molecular weight is 339 g/mol. The van der Waals surface area contributed by atoms with E-state index in [2.05, 4.69) is 10.2 Å². The molecule has 6 heteroatoms. The number of ether oxygens (including phenoxy) is 1. The summed E-state index contributed by atoms with van der Waals surface area (Å²) in [6.45, 7) is 2.48. The highest BCUT2D eigenvalue weighted by Crippen LogP contribution is 2.37. The molecule has 1 N–H and O–H groups in total. The van der Waals surface area contributed by atoms with Crippen LogP contribution in [0.4, 0.5) is 4.39 Å². The molecule has 3 atom stereocenters. The Labute approximate surface area is 139 Å². The van der Waals surface area contributed by atoms with Crippen molar-refractivity contribution >= 4 is 17.5 Å². The molecule has 2 aliphatic heterocycles. The van der Waals surface area contributed by atoms with E-state index in [4.69, 9.17) is 16.3 Å². The fraction of sp³-hybridized carbons (Fsp3) is 0.588. The number of fused-ring (bicyclic) bond motifs is 1. The van der Waals surface area contributed by atoms with Crippen molar-refractivity contribution in [2.45, 2.75) is 37.5 Å². The summed E-state index contributed by atoms with van der Waals surface area (Å²) in [5.41, 5.74) is -0.0638. The van der Waals surface area contributed by atoms with Crippen molar-refractivity contribution in [1.82, 2.24) is 10.2 Å². The van der Waals surface area contributed by atoms with E-state index in [1.54, 1.807) is 0 Å². The van der Waals surface area contributed by atoms with Gasteiger partial charge in [0.25, 0.3) is 5.91 Å². The molecular weight excluding hydrogens is 319 g/mol. The van der Waals surface area contributed by atoms with Crippen LogP contribution in [0.15, 0.2) is 18.2 Å². The molecule has 0 spiro atoms. The van der Waals surface area contributed by atoms with E-state index >= 15 is 0 Å². The molecule has 4 rings (SSSR count). The van der Waals surface area contributed by atoms with Gasteiger partial charge in [0.2, 0.25) is 0 Å². The lowest BCUT2D eigenvalue weighted by atomic mass is 10.1. The average Bonchev–Trinajstić information content (AvgIpc) is 3.27. The van der Waals surface area contributed by atoms with Crippen molar-refractivity contribution in [1.29, 1.82) is 0 Å². The summed E-state index contributed by atoms with van der Waals surface area (Å²) in [7, 11) is 0. The Morgan fingerprint density at radius 3 is 2.91 bits per heavy atom. The van der Waals surface area contributed by atoms with Gasteiger partial charge in [-0.1, -0.05) is 17.7 Å². The topological polar surface area (TPSA) is 41.6 Å². The van der Waals surface area contributed by atoms with Gasteiger partial charge in [-0.2, -0.15) is 0 Å². The number of amides is 1. The predicted octanol–water partition coefficient (Wildman–Crippen LogP) is 2.46. The molecule has 2 saturated heterocycles. The number of nitrogens with zero attached hydrogens (tertiary/aromatic N) is 1. The molecule has 1 aliphatic carbocycles. The molecule has 3 fully saturated rings. The number of nitrogens with one attached hydrogen (secondary N) is 1. The van der Waals surface area contributed by atoms with Crippen molar-refractivity contribution in [2.24, 2.45) is 5.92 Å². The van der Waals surface area contributed by atoms with Gasteiger partial charge in [0, 0.05) is 25.2 Å². The van der Waals surface area contributed by atoms with Crippen LogP contribution in [0.25, 0.3) is 0 Å². The first-order chi connectivity index (χ1) is 11.1. The van der Waals surface area contributed by atoms with Gasteiger partial charge < -0.3 is 10.1 Å². The first-order valence-electron chi connectivity index (χ1n) is 8.22. The quantitative estimate of drug-likeness (QED) is 0.920. The largest absolute Gasteiger partial charge is 0.375 e. The van der Waals surface area contributed by atoms with Crippen LogP contribution in [-0.2, 0) is 4.74 Å². The molecule has 1 aromatic rings. The monoisotopic (exact) mass is 338 g/mol. The van der Waals surface area contributed by atoms with Gasteiger partial charge in [0.15, 0.2) is 0 Å². The van der Waals surface area contributed by atoms with Gasteiger partial charge in [0.1, 0.15) is 5.82 Å². The minimum atomic E-state index is -0.581. The van der Waals surface area contributed by atoms with Crippen molar-refractivity contribution in [3.63, 3.8) is 0 Å². The standard InChI is InChI=1S/C17H20ClFN2O2/c18-13-2-1-3-14(19)16(13)17(22)20-11-6-12-9-23-15(10-4-5-10)8-21(12)7-11/h1-3,10-12,15H,4-9H2,(H,20,22)/t11-,12+,15-/m1/s1. The first kappa shape index (κ1) is 15.4. The zero-order valence-corrected chi connectivity index (χ0v) is 13.6. The Morgan fingerprint density at radius 1 is 1.35 bits per heavy atom. The second-order valence-corrected chi connectivity index (χ2v) is 7.23. The second-order valence-electron chi connectivity index (χ2n) is 6.82. The highest BCUT2D eigenvalue weighted by atomic mass is 35.5. The van der Waals surface area contributed by atoms with Gasteiger partial charge >= 0.3 is 0 Å². The van der Waals surface area contributed by atoms with Crippen molar-refractivity contribution < 1.29 is 13.9 Å². The van der Waals surface area contributed by atoms with Gasteiger partial charge in [0.05, 0.1) is 23.3 Å². The second kappa shape index (κ2) is 6.04. The summed E-state index contributed by atoms with van der Waals surface area (Å²) in [5, 5.41) is 3.08. The maximum absolute atomic E-state index is 13.8. The van der Waals surface area contributed by atoms with Crippen LogP contribution >= 0.6 is 11.6 Å². The smallest absolute Gasteiger partial charge is 0.256 e. The molecule has 0 unspecified atom stereocenters. The Kier molecular flexibility index (Phi) is 4.03. The maximum atomic E-state index is 13.8. The lowest BCUT2D eigenvalue weighted by molar-refractivity contribution is -0.0581. The fourth-order valence-corrected chi connectivity index (χ4v) is 3.98.